The summed E-state index contributed by atoms with van der Waals surface area (Å²) in [4.78, 5) is 0. The molecule has 5 atom stereocenters. The molecule has 1 rings (SSSR count). The van der Waals surface area contributed by atoms with Crippen LogP contribution in [0.2, 0.25) is 0 Å². The number of aliphatic hydroxyl groups excluding tert-OH is 3. The second-order valence-electron chi connectivity index (χ2n) is 3.24. The molecule has 3 N–H and O–H groups in total. The summed E-state index contributed by atoms with van der Waals surface area (Å²) in [5, 5.41) is 28.2. The van der Waals surface area contributed by atoms with Gasteiger partial charge in [-0.15, -0.1) is 11.6 Å². The summed E-state index contributed by atoms with van der Waals surface area (Å²) in [6.07, 6.45) is -5.10. The summed E-state index contributed by atoms with van der Waals surface area (Å²) in [7, 11) is 0. The standard InChI is InChI=1S/C8H15ClO5/c1-4-5(10)6(11)7(12)8(14-4)13-3-2-9/h4-8,10-12H,2-3H2,1H3. The molecule has 0 aromatic carbocycles. The molecule has 0 aliphatic carbocycles. The molecule has 5 unspecified atom stereocenters. The molecule has 0 spiro atoms. The van der Waals surface area contributed by atoms with E-state index in [-0.39, 0.29) is 12.5 Å². The van der Waals surface area contributed by atoms with Crippen molar-refractivity contribution in [3.8, 4) is 0 Å². The van der Waals surface area contributed by atoms with Gasteiger partial charge in [-0.2, -0.15) is 0 Å². The highest BCUT2D eigenvalue weighted by atomic mass is 35.5. The van der Waals surface area contributed by atoms with Crippen LogP contribution in [0.15, 0.2) is 0 Å². The van der Waals surface area contributed by atoms with Crippen molar-refractivity contribution in [3.05, 3.63) is 0 Å². The molecule has 0 bridgehead atoms. The molecule has 5 nitrogen and oxygen atoms in total. The molecular weight excluding hydrogens is 212 g/mol. The van der Waals surface area contributed by atoms with E-state index in [0.717, 1.165) is 0 Å². The van der Waals surface area contributed by atoms with E-state index in [2.05, 4.69) is 0 Å². The van der Waals surface area contributed by atoms with Crippen LogP contribution in [0.25, 0.3) is 0 Å². The Morgan fingerprint density at radius 2 is 1.86 bits per heavy atom. The Hall–Kier alpha value is 0.0900. The van der Waals surface area contributed by atoms with Crippen LogP contribution >= 0.6 is 11.6 Å². The van der Waals surface area contributed by atoms with Gasteiger partial charge in [-0.1, -0.05) is 0 Å². The first-order valence-electron chi connectivity index (χ1n) is 4.45. The van der Waals surface area contributed by atoms with E-state index in [1.165, 1.54) is 0 Å². The first kappa shape index (κ1) is 12.2. The van der Waals surface area contributed by atoms with E-state index in [9.17, 15) is 15.3 Å². The monoisotopic (exact) mass is 226 g/mol. The molecule has 1 fully saturated rings. The lowest BCUT2D eigenvalue weighted by Crippen LogP contribution is -2.57. The molecule has 0 saturated carbocycles. The SMILES string of the molecule is CC1OC(OCCCl)C(O)C(O)C1O. The predicted molar refractivity (Wildman–Crippen MR) is 49.0 cm³/mol. The summed E-state index contributed by atoms with van der Waals surface area (Å²) in [5.74, 6) is 0.277. The van der Waals surface area contributed by atoms with Crippen LogP contribution in [0.3, 0.4) is 0 Å². The van der Waals surface area contributed by atoms with Gasteiger partial charge in [-0.3, -0.25) is 0 Å². The number of hydrogen-bond acceptors (Lipinski definition) is 5. The average molecular weight is 227 g/mol. The van der Waals surface area contributed by atoms with E-state index < -0.39 is 30.7 Å². The highest BCUT2D eigenvalue weighted by Crippen LogP contribution is 2.21. The molecule has 1 heterocycles. The van der Waals surface area contributed by atoms with Crippen molar-refractivity contribution >= 4 is 11.6 Å². The molecular formula is C8H15ClO5. The second kappa shape index (κ2) is 5.25. The van der Waals surface area contributed by atoms with Crippen LogP contribution in [0, 0.1) is 0 Å². The maximum Gasteiger partial charge on any atom is 0.186 e. The minimum Gasteiger partial charge on any atom is -0.388 e. The van der Waals surface area contributed by atoms with Gasteiger partial charge in [0, 0.05) is 5.88 Å². The Labute approximate surface area is 87.2 Å². The third-order valence-electron chi connectivity index (χ3n) is 2.17. The number of rotatable bonds is 3. The van der Waals surface area contributed by atoms with Gasteiger partial charge in [0.25, 0.3) is 0 Å². The van der Waals surface area contributed by atoms with E-state index in [1.54, 1.807) is 6.92 Å². The van der Waals surface area contributed by atoms with E-state index in [0.29, 0.717) is 0 Å². The van der Waals surface area contributed by atoms with Crippen LogP contribution in [0.5, 0.6) is 0 Å². The van der Waals surface area contributed by atoms with Gasteiger partial charge in [-0.25, -0.2) is 0 Å². The third kappa shape index (κ3) is 2.56. The van der Waals surface area contributed by atoms with Crippen molar-refractivity contribution < 1.29 is 24.8 Å². The molecule has 1 aliphatic rings. The Morgan fingerprint density at radius 1 is 1.21 bits per heavy atom. The average Bonchev–Trinajstić information content (AvgIpc) is 2.18. The lowest BCUT2D eigenvalue weighted by Gasteiger charge is -2.38. The maximum atomic E-state index is 9.45. The molecule has 84 valence electrons. The van der Waals surface area contributed by atoms with Gasteiger partial charge in [0.1, 0.15) is 18.3 Å². The van der Waals surface area contributed by atoms with Gasteiger partial charge < -0.3 is 24.8 Å². The van der Waals surface area contributed by atoms with Gasteiger partial charge in [0.05, 0.1) is 12.7 Å². The van der Waals surface area contributed by atoms with E-state index >= 15 is 0 Å². The Morgan fingerprint density at radius 3 is 2.43 bits per heavy atom. The lowest BCUT2D eigenvalue weighted by molar-refractivity contribution is -0.291. The van der Waals surface area contributed by atoms with Crippen LogP contribution < -0.4 is 0 Å². The summed E-state index contributed by atoms with van der Waals surface area (Å²) in [6.45, 7) is 1.82. The maximum absolute atomic E-state index is 9.45. The van der Waals surface area contributed by atoms with Crippen LogP contribution in [-0.2, 0) is 9.47 Å². The topological polar surface area (TPSA) is 79.2 Å². The zero-order valence-electron chi connectivity index (χ0n) is 7.84. The van der Waals surface area contributed by atoms with E-state index in [1.807, 2.05) is 0 Å². The van der Waals surface area contributed by atoms with Crippen LogP contribution in [-0.4, -0.2) is 58.5 Å². The molecule has 1 saturated heterocycles. The van der Waals surface area contributed by atoms with Crippen molar-refractivity contribution in [1.82, 2.24) is 0 Å². The van der Waals surface area contributed by atoms with Crippen molar-refractivity contribution in [2.75, 3.05) is 12.5 Å². The van der Waals surface area contributed by atoms with Gasteiger partial charge >= 0.3 is 0 Å². The van der Waals surface area contributed by atoms with E-state index in [4.69, 9.17) is 21.1 Å². The van der Waals surface area contributed by atoms with Gasteiger partial charge in [-0.05, 0) is 6.92 Å². The molecule has 14 heavy (non-hydrogen) atoms. The summed E-state index contributed by atoms with van der Waals surface area (Å²) >= 11 is 5.40. The molecule has 0 aromatic heterocycles. The molecule has 0 amide bonds. The third-order valence-corrected chi connectivity index (χ3v) is 2.32. The first-order valence-corrected chi connectivity index (χ1v) is 4.98. The highest BCUT2D eigenvalue weighted by Gasteiger charge is 2.42. The molecule has 0 aromatic rings. The molecule has 6 heteroatoms. The van der Waals surface area contributed by atoms with Gasteiger partial charge in [0.15, 0.2) is 6.29 Å². The fraction of sp³-hybridized carbons (Fsp3) is 1.00. The van der Waals surface area contributed by atoms with Crippen molar-refractivity contribution in [2.45, 2.75) is 37.6 Å². The first-order chi connectivity index (χ1) is 6.57. The number of alkyl halides is 1. The van der Waals surface area contributed by atoms with Crippen LogP contribution in [0.1, 0.15) is 6.92 Å². The number of aliphatic hydroxyl groups is 3. The Kier molecular flexibility index (Phi) is 4.56. The zero-order chi connectivity index (χ0) is 10.7. The Balaban J connectivity index is 2.52. The zero-order valence-corrected chi connectivity index (χ0v) is 8.59. The fourth-order valence-corrected chi connectivity index (χ4v) is 1.40. The largest absolute Gasteiger partial charge is 0.388 e. The van der Waals surface area contributed by atoms with Crippen molar-refractivity contribution in [1.29, 1.82) is 0 Å². The summed E-state index contributed by atoms with van der Waals surface area (Å²) in [6, 6.07) is 0. The molecule has 1 aliphatic heterocycles. The van der Waals surface area contributed by atoms with Gasteiger partial charge in [0.2, 0.25) is 0 Å². The normalized spacial score (nSPS) is 43.9. The minimum atomic E-state index is -1.25. The highest BCUT2D eigenvalue weighted by molar-refractivity contribution is 6.17. The summed E-state index contributed by atoms with van der Waals surface area (Å²) in [5.41, 5.74) is 0. The smallest absolute Gasteiger partial charge is 0.186 e. The minimum absolute atomic E-state index is 0.221. The van der Waals surface area contributed by atoms with Crippen molar-refractivity contribution in [2.24, 2.45) is 0 Å². The number of hydrogen-bond donors (Lipinski definition) is 3. The van der Waals surface area contributed by atoms with Crippen molar-refractivity contribution in [3.63, 3.8) is 0 Å². The second-order valence-corrected chi connectivity index (χ2v) is 3.62. The quantitative estimate of drug-likeness (QED) is 0.542. The number of ether oxygens (including phenoxy) is 2. The summed E-state index contributed by atoms with van der Waals surface area (Å²) < 4.78 is 10.2. The lowest BCUT2D eigenvalue weighted by atomic mass is 10.0. The number of halogens is 1. The Bertz CT molecular complexity index is 179. The predicted octanol–water partition coefficient (Wildman–Crippen LogP) is -0.931. The fourth-order valence-electron chi connectivity index (χ4n) is 1.31. The molecule has 0 radical (unpaired) electrons. The van der Waals surface area contributed by atoms with Crippen LogP contribution in [0.4, 0.5) is 0 Å².